The molecule has 0 aromatic heterocycles. The van der Waals surface area contributed by atoms with Gasteiger partial charge in [0.25, 0.3) is 0 Å². The third-order valence-corrected chi connectivity index (χ3v) is 2.60. The van der Waals surface area contributed by atoms with Crippen molar-refractivity contribution in [2.24, 2.45) is 16.9 Å². The lowest BCUT2D eigenvalue weighted by molar-refractivity contribution is -0.132. The first-order valence-electron chi connectivity index (χ1n) is 5.06. The van der Waals surface area contributed by atoms with Crippen molar-refractivity contribution in [2.45, 2.75) is 19.8 Å². The Morgan fingerprint density at radius 3 is 2.19 bits per heavy atom. The zero-order valence-corrected chi connectivity index (χ0v) is 9.27. The van der Waals surface area contributed by atoms with Gasteiger partial charge in [-0.15, -0.1) is 0 Å². The van der Waals surface area contributed by atoms with Crippen LogP contribution in [-0.4, -0.2) is 11.8 Å². The van der Waals surface area contributed by atoms with E-state index in [0.717, 1.165) is 5.56 Å². The lowest BCUT2D eigenvalue weighted by Gasteiger charge is -2.24. The van der Waals surface area contributed by atoms with Crippen molar-refractivity contribution in [2.75, 3.05) is 0 Å². The molecule has 0 saturated heterocycles. The fourth-order valence-electron chi connectivity index (χ4n) is 1.67. The van der Waals surface area contributed by atoms with Crippen molar-refractivity contribution in [1.29, 1.82) is 0 Å². The van der Waals surface area contributed by atoms with E-state index in [-0.39, 0.29) is 6.42 Å². The molecule has 0 aliphatic carbocycles. The highest BCUT2D eigenvalue weighted by atomic mass is 16.2. The van der Waals surface area contributed by atoms with Crippen LogP contribution in [0.3, 0.4) is 0 Å². The minimum absolute atomic E-state index is 0.0305. The van der Waals surface area contributed by atoms with Crippen molar-refractivity contribution in [3.63, 3.8) is 0 Å². The first-order chi connectivity index (χ1) is 7.44. The first-order valence-corrected chi connectivity index (χ1v) is 5.06. The number of amides is 2. The van der Waals surface area contributed by atoms with Crippen molar-refractivity contribution in [3.8, 4) is 0 Å². The van der Waals surface area contributed by atoms with Crippen molar-refractivity contribution < 1.29 is 9.59 Å². The zero-order valence-electron chi connectivity index (χ0n) is 9.27. The number of primary amides is 2. The largest absolute Gasteiger partial charge is 0.370 e. The molecule has 0 radical (unpaired) electrons. The molecule has 0 spiro atoms. The SMILES string of the molecule is CC(CC(N)=O)(Cc1ccccc1)C(N)=O. The summed E-state index contributed by atoms with van der Waals surface area (Å²) in [6, 6.07) is 9.42. The normalized spacial score (nSPS) is 14.1. The molecular weight excluding hydrogens is 204 g/mol. The van der Waals surface area contributed by atoms with Gasteiger partial charge in [0, 0.05) is 6.42 Å². The molecule has 0 bridgehead atoms. The summed E-state index contributed by atoms with van der Waals surface area (Å²) in [5.41, 5.74) is 10.5. The molecule has 0 aliphatic rings. The van der Waals surface area contributed by atoms with Crippen LogP contribution in [0.4, 0.5) is 0 Å². The Kier molecular flexibility index (Phi) is 3.66. The molecule has 0 saturated carbocycles. The fraction of sp³-hybridized carbons (Fsp3) is 0.333. The van der Waals surface area contributed by atoms with Crippen LogP contribution in [0.25, 0.3) is 0 Å². The maximum atomic E-state index is 11.4. The van der Waals surface area contributed by atoms with Gasteiger partial charge in [0.15, 0.2) is 0 Å². The molecule has 1 aromatic rings. The average molecular weight is 220 g/mol. The summed E-state index contributed by atoms with van der Waals surface area (Å²) in [6.45, 7) is 1.66. The predicted octanol–water partition coefficient (Wildman–Crippen LogP) is 0.596. The van der Waals surface area contributed by atoms with Gasteiger partial charge in [0.2, 0.25) is 11.8 Å². The maximum absolute atomic E-state index is 11.4. The first kappa shape index (κ1) is 12.2. The van der Waals surface area contributed by atoms with E-state index in [0.29, 0.717) is 6.42 Å². The van der Waals surface area contributed by atoms with E-state index < -0.39 is 17.2 Å². The number of nitrogens with two attached hydrogens (primary N) is 2. The molecule has 1 atom stereocenters. The molecule has 16 heavy (non-hydrogen) atoms. The van der Waals surface area contributed by atoms with Crippen LogP contribution in [0.15, 0.2) is 30.3 Å². The summed E-state index contributed by atoms with van der Waals surface area (Å²) in [5.74, 6) is -1.02. The predicted molar refractivity (Wildman–Crippen MR) is 61.3 cm³/mol. The molecule has 0 heterocycles. The van der Waals surface area contributed by atoms with Crippen LogP contribution in [0.1, 0.15) is 18.9 Å². The van der Waals surface area contributed by atoms with Crippen molar-refractivity contribution in [1.82, 2.24) is 0 Å². The Bertz CT molecular complexity index is 389. The van der Waals surface area contributed by atoms with E-state index >= 15 is 0 Å². The minimum Gasteiger partial charge on any atom is -0.370 e. The molecule has 0 aliphatic heterocycles. The van der Waals surface area contributed by atoms with Crippen molar-refractivity contribution in [3.05, 3.63) is 35.9 Å². The minimum atomic E-state index is -0.910. The Morgan fingerprint density at radius 2 is 1.75 bits per heavy atom. The third kappa shape index (κ3) is 3.08. The number of carbonyl (C=O) groups is 2. The second-order valence-electron chi connectivity index (χ2n) is 4.23. The quantitative estimate of drug-likeness (QED) is 0.761. The Balaban J connectivity index is 2.87. The number of hydrogen-bond acceptors (Lipinski definition) is 2. The molecular formula is C12H16N2O2. The van der Waals surface area contributed by atoms with Gasteiger partial charge in [-0.25, -0.2) is 0 Å². The van der Waals surface area contributed by atoms with Gasteiger partial charge < -0.3 is 11.5 Å². The highest BCUT2D eigenvalue weighted by Gasteiger charge is 2.33. The topological polar surface area (TPSA) is 86.2 Å². The summed E-state index contributed by atoms with van der Waals surface area (Å²) in [6.07, 6.45) is 0.392. The van der Waals surface area contributed by atoms with E-state index in [4.69, 9.17) is 11.5 Å². The number of rotatable bonds is 5. The molecule has 1 unspecified atom stereocenters. The van der Waals surface area contributed by atoms with Crippen LogP contribution in [0, 0.1) is 5.41 Å². The van der Waals surface area contributed by atoms with E-state index in [9.17, 15) is 9.59 Å². The van der Waals surface area contributed by atoms with Gasteiger partial charge in [-0.2, -0.15) is 0 Å². The van der Waals surface area contributed by atoms with E-state index in [1.54, 1.807) is 6.92 Å². The lowest BCUT2D eigenvalue weighted by Crippen LogP contribution is -2.39. The summed E-state index contributed by atoms with van der Waals surface area (Å²) < 4.78 is 0. The standard InChI is InChI=1S/C12H16N2O2/c1-12(11(14)16,8-10(13)15)7-9-5-3-2-4-6-9/h2-6H,7-8H2,1H3,(H2,13,15)(H2,14,16). The van der Waals surface area contributed by atoms with Crippen LogP contribution in [-0.2, 0) is 16.0 Å². The van der Waals surface area contributed by atoms with Crippen LogP contribution in [0.5, 0.6) is 0 Å². The zero-order chi connectivity index (χ0) is 12.2. The summed E-state index contributed by atoms with van der Waals surface area (Å²) in [4.78, 5) is 22.3. The Morgan fingerprint density at radius 1 is 1.19 bits per heavy atom. The van der Waals surface area contributed by atoms with Gasteiger partial charge in [-0.3, -0.25) is 9.59 Å². The fourth-order valence-corrected chi connectivity index (χ4v) is 1.67. The molecule has 4 N–H and O–H groups in total. The maximum Gasteiger partial charge on any atom is 0.224 e. The summed E-state index contributed by atoms with van der Waals surface area (Å²) in [5, 5.41) is 0. The van der Waals surface area contributed by atoms with Gasteiger partial charge in [0.05, 0.1) is 5.41 Å². The molecule has 4 heteroatoms. The number of hydrogen-bond donors (Lipinski definition) is 2. The van der Waals surface area contributed by atoms with Crippen molar-refractivity contribution >= 4 is 11.8 Å². The monoisotopic (exact) mass is 220 g/mol. The molecule has 1 aromatic carbocycles. The van der Waals surface area contributed by atoms with Gasteiger partial charge in [-0.1, -0.05) is 30.3 Å². The second-order valence-corrected chi connectivity index (χ2v) is 4.23. The van der Waals surface area contributed by atoms with Gasteiger partial charge >= 0.3 is 0 Å². The lowest BCUT2D eigenvalue weighted by atomic mass is 9.79. The smallest absolute Gasteiger partial charge is 0.224 e. The van der Waals surface area contributed by atoms with Gasteiger partial charge in [0.1, 0.15) is 0 Å². The summed E-state index contributed by atoms with van der Waals surface area (Å²) in [7, 11) is 0. The van der Waals surface area contributed by atoms with E-state index in [1.165, 1.54) is 0 Å². The highest BCUT2D eigenvalue weighted by molar-refractivity contribution is 5.87. The highest BCUT2D eigenvalue weighted by Crippen LogP contribution is 2.26. The molecule has 86 valence electrons. The van der Waals surface area contributed by atoms with Crippen LogP contribution >= 0.6 is 0 Å². The molecule has 4 nitrogen and oxygen atoms in total. The molecule has 0 fully saturated rings. The second kappa shape index (κ2) is 4.79. The Hall–Kier alpha value is -1.84. The van der Waals surface area contributed by atoms with Gasteiger partial charge in [-0.05, 0) is 18.9 Å². The average Bonchev–Trinajstić information content (AvgIpc) is 2.17. The number of benzene rings is 1. The Labute approximate surface area is 94.6 Å². The third-order valence-electron chi connectivity index (χ3n) is 2.60. The van der Waals surface area contributed by atoms with Crippen LogP contribution < -0.4 is 11.5 Å². The van der Waals surface area contributed by atoms with E-state index in [2.05, 4.69) is 0 Å². The molecule has 2 amide bonds. The molecule has 1 rings (SSSR count). The van der Waals surface area contributed by atoms with E-state index in [1.807, 2.05) is 30.3 Å². The van der Waals surface area contributed by atoms with Crippen LogP contribution in [0.2, 0.25) is 0 Å². The number of carbonyl (C=O) groups excluding carboxylic acids is 2. The summed E-state index contributed by atoms with van der Waals surface area (Å²) >= 11 is 0.